The molecule has 0 saturated carbocycles. The first kappa shape index (κ1) is 11.9. The molecule has 0 saturated heterocycles. The highest BCUT2D eigenvalue weighted by Gasteiger charge is 1.94. The van der Waals surface area contributed by atoms with Crippen LogP contribution in [0.15, 0.2) is 18.3 Å². The van der Waals surface area contributed by atoms with Crippen molar-refractivity contribution >= 4 is 5.82 Å². The molecular formula is C11H18FN3. The summed E-state index contributed by atoms with van der Waals surface area (Å²) in [5, 5.41) is 3.15. The van der Waals surface area contributed by atoms with Gasteiger partial charge in [0, 0.05) is 6.54 Å². The van der Waals surface area contributed by atoms with Gasteiger partial charge in [0.2, 0.25) is 0 Å². The molecule has 0 atom stereocenters. The van der Waals surface area contributed by atoms with Gasteiger partial charge in [-0.1, -0.05) is 0 Å². The van der Waals surface area contributed by atoms with Gasteiger partial charge in [0.1, 0.15) is 11.6 Å². The maximum Gasteiger partial charge on any atom is 0.141 e. The van der Waals surface area contributed by atoms with Crippen molar-refractivity contribution in [1.29, 1.82) is 0 Å². The Morgan fingerprint density at radius 1 is 1.33 bits per heavy atom. The SMILES string of the molecule is CN(C)CCCCNc1ccc(F)cn1. The van der Waals surface area contributed by atoms with Crippen molar-refractivity contribution in [2.45, 2.75) is 12.8 Å². The molecule has 0 spiro atoms. The molecule has 1 N–H and O–H groups in total. The van der Waals surface area contributed by atoms with Gasteiger partial charge in [-0.2, -0.15) is 0 Å². The van der Waals surface area contributed by atoms with Crippen molar-refractivity contribution in [1.82, 2.24) is 9.88 Å². The molecule has 0 aromatic carbocycles. The summed E-state index contributed by atoms with van der Waals surface area (Å²) in [5.41, 5.74) is 0. The van der Waals surface area contributed by atoms with Gasteiger partial charge in [-0.15, -0.1) is 0 Å². The number of pyridine rings is 1. The summed E-state index contributed by atoms with van der Waals surface area (Å²) < 4.78 is 12.5. The number of anilines is 1. The highest BCUT2D eigenvalue weighted by molar-refractivity contribution is 5.33. The fourth-order valence-corrected chi connectivity index (χ4v) is 1.25. The third-order valence-electron chi connectivity index (χ3n) is 2.07. The zero-order chi connectivity index (χ0) is 11.1. The largest absolute Gasteiger partial charge is 0.370 e. The van der Waals surface area contributed by atoms with E-state index in [1.165, 1.54) is 12.3 Å². The molecule has 0 aliphatic rings. The van der Waals surface area contributed by atoms with Crippen molar-refractivity contribution in [2.24, 2.45) is 0 Å². The Morgan fingerprint density at radius 2 is 2.13 bits per heavy atom. The zero-order valence-electron chi connectivity index (χ0n) is 9.33. The number of nitrogens with zero attached hydrogens (tertiary/aromatic N) is 2. The third kappa shape index (κ3) is 5.32. The van der Waals surface area contributed by atoms with Gasteiger partial charge in [0.25, 0.3) is 0 Å². The molecule has 0 aliphatic carbocycles. The number of hydrogen-bond donors (Lipinski definition) is 1. The molecule has 1 aromatic rings. The summed E-state index contributed by atoms with van der Waals surface area (Å²) in [7, 11) is 4.13. The molecule has 84 valence electrons. The van der Waals surface area contributed by atoms with Crippen LogP contribution in [0.1, 0.15) is 12.8 Å². The highest BCUT2D eigenvalue weighted by atomic mass is 19.1. The van der Waals surface area contributed by atoms with Crippen LogP contribution in [0.25, 0.3) is 0 Å². The molecule has 0 amide bonds. The monoisotopic (exact) mass is 211 g/mol. The molecule has 1 aromatic heterocycles. The summed E-state index contributed by atoms with van der Waals surface area (Å²) in [4.78, 5) is 6.08. The third-order valence-corrected chi connectivity index (χ3v) is 2.07. The molecule has 0 radical (unpaired) electrons. The summed E-state index contributed by atoms with van der Waals surface area (Å²) in [6, 6.07) is 3.07. The molecule has 15 heavy (non-hydrogen) atoms. The highest BCUT2D eigenvalue weighted by Crippen LogP contribution is 2.03. The second-order valence-corrected chi connectivity index (χ2v) is 3.80. The Kier molecular flexibility index (Phi) is 5.04. The van der Waals surface area contributed by atoms with Crippen LogP contribution in [0.5, 0.6) is 0 Å². The first-order valence-corrected chi connectivity index (χ1v) is 5.18. The van der Waals surface area contributed by atoms with E-state index >= 15 is 0 Å². The second-order valence-electron chi connectivity index (χ2n) is 3.80. The molecule has 0 fully saturated rings. The Morgan fingerprint density at radius 3 is 2.73 bits per heavy atom. The molecule has 0 aliphatic heterocycles. The molecular weight excluding hydrogens is 193 g/mol. The summed E-state index contributed by atoms with van der Waals surface area (Å²) in [6.07, 6.45) is 3.47. The smallest absolute Gasteiger partial charge is 0.141 e. The Labute approximate surface area is 90.3 Å². The van der Waals surface area contributed by atoms with Gasteiger partial charge in [-0.05, 0) is 45.6 Å². The molecule has 1 rings (SSSR count). The van der Waals surface area contributed by atoms with E-state index in [0.717, 1.165) is 31.7 Å². The first-order valence-electron chi connectivity index (χ1n) is 5.18. The quantitative estimate of drug-likeness (QED) is 0.729. The van der Waals surface area contributed by atoms with Crippen molar-refractivity contribution < 1.29 is 4.39 Å². The van der Waals surface area contributed by atoms with Crippen LogP contribution in [0.3, 0.4) is 0 Å². The number of aromatic nitrogens is 1. The summed E-state index contributed by atoms with van der Waals surface area (Å²) in [6.45, 7) is 1.98. The zero-order valence-corrected chi connectivity index (χ0v) is 9.33. The summed E-state index contributed by atoms with van der Waals surface area (Å²) in [5.74, 6) is 0.439. The van der Waals surface area contributed by atoms with E-state index in [1.54, 1.807) is 6.07 Å². The van der Waals surface area contributed by atoms with Gasteiger partial charge < -0.3 is 10.2 Å². The molecule has 1 heterocycles. The molecule has 4 heteroatoms. The van der Waals surface area contributed by atoms with Crippen LogP contribution in [0.4, 0.5) is 10.2 Å². The van der Waals surface area contributed by atoms with Gasteiger partial charge in [0.05, 0.1) is 6.20 Å². The van der Waals surface area contributed by atoms with Crippen molar-refractivity contribution in [3.8, 4) is 0 Å². The summed E-state index contributed by atoms with van der Waals surface area (Å²) >= 11 is 0. The topological polar surface area (TPSA) is 28.2 Å². The molecule has 0 bridgehead atoms. The number of nitrogens with one attached hydrogen (secondary N) is 1. The lowest BCUT2D eigenvalue weighted by Crippen LogP contribution is -2.14. The predicted octanol–water partition coefficient (Wildman–Crippen LogP) is 1.97. The van der Waals surface area contributed by atoms with E-state index in [9.17, 15) is 4.39 Å². The van der Waals surface area contributed by atoms with Crippen molar-refractivity contribution in [3.05, 3.63) is 24.1 Å². The van der Waals surface area contributed by atoms with Crippen LogP contribution in [-0.4, -0.2) is 37.1 Å². The van der Waals surface area contributed by atoms with E-state index in [1.807, 2.05) is 0 Å². The van der Waals surface area contributed by atoms with Crippen LogP contribution >= 0.6 is 0 Å². The van der Waals surface area contributed by atoms with Gasteiger partial charge in [-0.25, -0.2) is 9.37 Å². The minimum absolute atomic E-state index is 0.298. The van der Waals surface area contributed by atoms with E-state index in [-0.39, 0.29) is 5.82 Å². The Balaban J connectivity index is 2.12. The van der Waals surface area contributed by atoms with Crippen molar-refractivity contribution in [2.75, 3.05) is 32.5 Å². The van der Waals surface area contributed by atoms with E-state index < -0.39 is 0 Å². The van der Waals surface area contributed by atoms with Gasteiger partial charge >= 0.3 is 0 Å². The lowest BCUT2D eigenvalue weighted by Gasteiger charge is -2.09. The predicted molar refractivity (Wildman–Crippen MR) is 60.5 cm³/mol. The van der Waals surface area contributed by atoms with Crippen LogP contribution in [0.2, 0.25) is 0 Å². The number of halogens is 1. The number of rotatable bonds is 6. The Bertz CT molecular complexity index is 272. The average molecular weight is 211 g/mol. The molecule has 0 unspecified atom stereocenters. The standard InChI is InChI=1S/C11H18FN3/c1-15(2)8-4-3-7-13-11-6-5-10(12)9-14-11/h5-6,9H,3-4,7-8H2,1-2H3,(H,13,14). The maximum absolute atomic E-state index is 12.5. The van der Waals surface area contributed by atoms with Gasteiger partial charge in [0.15, 0.2) is 0 Å². The van der Waals surface area contributed by atoms with E-state index in [2.05, 4.69) is 29.3 Å². The maximum atomic E-state index is 12.5. The minimum atomic E-state index is -0.298. The fourth-order valence-electron chi connectivity index (χ4n) is 1.25. The lowest BCUT2D eigenvalue weighted by molar-refractivity contribution is 0.396. The normalized spacial score (nSPS) is 10.7. The fraction of sp³-hybridized carbons (Fsp3) is 0.545. The number of hydrogen-bond acceptors (Lipinski definition) is 3. The van der Waals surface area contributed by atoms with Gasteiger partial charge in [-0.3, -0.25) is 0 Å². The molecule has 3 nitrogen and oxygen atoms in total. The van der Waals surface area contributed by atoms with Crippen molar-refractivity contribution in [3.63, 3.8) is 0 Å². The number of unbranched alkanes of at least 4 members (excludes halogenated alkanes) is 1. The second kappa shape index (κ2) is 6.35. The Hall–Kier alpha value is -1.16. The minimum Gasteiger partial charge on any atom is -0.370 e. The van der Waals surface area contributed by atoms with E-state index in [0.29, 0.717) is 0 Å². The van der Waals surface area contributed by atoms with Crippen LogP contribution < -0.4 is 5.32 Å². The van der Waals surface area contributed by atoms with Crippen LogP contribution in [-0.2, 0) is 0 Å². The first-order chi connectivity index (χ1) is 7.18. The lowest BCUT2D eigenvalue weighted by atomic mass is 10.3. The average Bonchev–Trinajstić information content (AvgIpc) is 2.20. The van der Waals surface area contributed by atoms with E-state index in [4.69, 9.17) is 0 Å². The van der Waals surface area contributed by atoms with Crippen LogP contribution in [0, 0.1) is 5.82 Å².